The number of ether oxygens (including phenoxy) is 1. The van der Waals surface area contributed by atoms with E-state index in [1.165, 1.54) is 29.5 Å². The summed E-state index contributed by atoms with van der Waals surface area (Å²) in [5.74, 6) is 0.438. The first-order valence-corrected chi connectivity index (χ1v) is 9.50. The minimum absolute atomic E-state index is 0.195. The van der Waals surface area contributed by atoms with Crippen LogP contribution in [0.15, 0.2) is 29.1 Å². The van der Waals surface area contributed by atoms with Crippen LogP contribution in [0.3, 0.4) is 0 Å². The average Bonchev–Trinajstić information content (AvgIpc) is 3.32. The highest BCUT2D eigenvalue weighted by molar-refractivity contribution is 7.18. The van der Waals surface area contributed by atoms with E-state index in [4.69, 9.17) is 9.15 Å². The quantitative estimate of drug-likeness (QED) is 0.698. The number of nitrogens with one attached hydrogen (secondary N) is 2. The molecule has 0 saturated heterocycles. The van der Waals surface area contributed by atoms with Crippen molar-refractivity contribution >= 4 is 33.5 Å². The minimum atomic E-state index is -0.610. The van der Waals surface area contributed by atoms with Gasteiger partial charge in [0.25, 0.3) is 5.91 Å². The van der Waals surface area contributed by atoms with Crippen molar-refractivity contribution in [2.24, 2.45) is 0 Å². The predicted octanol–water partition coefficient (Wildman–Crippen LogP) is 2.57. The molecular weight excluding hydrogens is 368 g/mol. The van der Waals surface area contributed by atoms with E-state index in [-0.39, 0.29) is 13.2 Å². The number of fused-ring (bicyclic) bond motifs is 3. The van der Waals surface area contributed by atoms with Gasteiger partial charge in [-0.2, -0.15) is 0 Å². The monoisotopic (exact) mass is 386 g/mol. The molecule has 3 heterocycles. The number of aromatic nitrogens is 2. The number of amides is 3. The Kier molecular flexibility index (Phi) is 5.01. The fourth-order valence-corrected chi connectivity index (χ4v) is 4.31. The Hall–Kier alpha value is -2.94. The van der Waals surface area contributed by atoms with Gasteiger partial charge < -0.3 is 14.5 Å². The first kappa shape index (κ1) is 17.5. The lowest BCUT2D eigenvalue weighted by Gasteiger charge is -2.12. The van der Waals surface area contributed by atoms with E-state index in [0.29, 0.717) is 11.6 Å². The summed E-state index contributed by atoms with van der Waals surface area (Å²) in [5, 5.41) is 5.65. The number of carbonyl (C=O) groups excluding carboxylic acids is 2. The molecule has 0 unspecified atom stereocenters. The zero-order chi connectivity index (χ0) is 18.6. The molecule has 4 rings (SSSR count). The van der Waals surface area contributed by atoms with Crippen LogP contribution in [0.5, 0.6) is 5.88 Å². The molecule has 27 heavy (non-hydrogen) atoms. The van der Waals surface area contributed by atoms with Gasteiger partial charge in [0, 0.05) is 4.88 Å². The Morgan fingerprint density at radius 2 is 2.15 bits per heavy atom. The van der Waals surface area contributed by atoms with Crippen LogP contribution in [0, 0.1) is 0 Å². The van der Waals surface area contributed by atoms with Crippen LogP contribution >= 0.6 is 11.3 Å². The van der Waals surface area contributed by atoms with E-state index in [9.17, 15) is 9.59 Å². The Labute approximate surface area is 158 Å². The van der Waals surface area contributed by atoms with Crippen molar-refractivity contribution < 1.29 is 18.7 Å². The van der Waals surface area contributed by atoms with Gasteiger partial charge in [0.05, 0.1) is 18.2 Å². The van der Waals surface area contributed by atoms with Crippen molar-refractivity contribution in [2.45, 2.75) is 32.2 Å². The van der Waals surface area contributed by atoms with Crippen LogP contribution in [0.1, 0.15) is 29.0 Å². The summed E-state index contributed by atoms with van der Waals surface area (Å²) < 4.78 is 10.7. The number of urea groups is 1. The van der Waals surface area contributed by atoms with E-state index < -0.39 is 11.9 Å². The van der Waals surface area contributed by atoms with Crippen LogP contribution in [0.25, 0.3) is 10.2 Å². The van der Waals surface area contributed by atoms with E-state index >= 15 is 0 Å². The normalized spacial score (nSPS) is 13.2. The number of nitrogens with zero attached hydrogens (tertiary/aromatic N) is 2. The molecule has 0 saturated carbocycles. The average molecular weight is 386 g/mol. The molecule has 9 heteroatoms. The Morgan fingerprint density at radius 3 is 3.00 bits per heavy atom. The maximum absolute atomic E-state index is 12.0. The summed E-state index contributed by atoms with van der Waals surface area (Å²) in [5.41, 5.74) is 1.23. The first-order chi connectivity index (χ1) is 13.2. The van der Waals surface area contributed by atoms with Crippen molar-refractivity contribution in [3.8, 4) is 5.88 Å². The van der Waals surface area contributed by atoms with Crippen LogP contribution in [-0.4, -0.2) is 28.5 Å². The predicted molar refractivity (Wildman–Crippen MR) is 98.6 cm³/mol. The lowest BCUT2D eigenvalue weighted by molar-refractivity contribution is -0.122. The lowest BCUT2D eigenvalue weighted by atomic mass is 9.97. The molecule has 2 N–H and O–H groups in total. The summed E-state index contributed by atoms with van der Waals surface area (Å²) >= 11 is 1.66. The zero-order valence-corrected chi connectivity index (χ0v) is 15.3. The molecule has 0 fully saturated rings. The highest BCUT2D eigenvalue weighted by atomic mass is 32.1. The number of rotatable bonds is 5. The molecule has 0 aliphatic heterocycles. The highest BCUT2D eigenvalue weighted by Gasteiger charge is 2.21. The molecule has 3 aromatic rings. The molecule has 0 radical (unpaired) electrons. The van der Waals surface area contributed by atoms with Gasteiger partial charge >= 0.3 is 6.03 Å². The first-order valence-electron chi connectivity index (χ1n) is 8.69. The van der Waals surface area contributed by atoms with Gasteiger partial charge in [0.2, 0.25) is 5.88 Å². The van der Waals surface area contributed by atoms with Gasteiger partial charge in [-0.3, -0.25) is 10.1 Å². The van der Waals surface area contributed by atoms with Crippen molar-refractivity contribution in [3.05, 3.63) is 40.9 Å². The smallest absolute Gasteiger partial charge is 0.321 e. The number of furan rings is 1. The van der Waals surface area contributed by atoms with Gasteiger partial charge in [-0.1, -0.05) is 0 Å². The topological polar surface area (TPSA) is 106 Å². The SMILES string of the molecule is O=C(COc1ncnc2sc3c(c12)CCCC3)NC(=O)NCc1ccco1. The third kappa shape index (κ3) is 3.92. The second kappa shape index (κ2) is 7.75. The molecular formula is C18H18N4O4S. The molecule has 1 aliphatic rings. The van der Waals surface area contributed by atoms with Gasteiger partial charge in [-0.05, 0) is 43.4 Å². The van der Waals surface area contributed by atoms with E-state index in [2.05, 4.69) is 20.6 Å². The fourth-order valence-electron chi connectivity index (χ4n) is 3.09. The molecule has 140 valence electrons. The standard InChI is InChI=1S/C18H18N4O4S/c23-14(22-18(24)19-8-11-4-3-7-25-11)9-26-16-15-12-5-1-2-6-13(12)27-17(15)21-10-20-16/h3-4,7,10H,1-2,5-6,8-9H2,(H2,19,22,23,24). The Bertz CT molecular complexity index is 967. The fraction of sp³-hybridized carbons (Fsp3) is 0.333. The van der Waals surface area contributed by atoms with Crippen LogP contribution < -0.4 is 15.4 Å². The molecule has 1 aliphatic carbocycles. The summed E-state index contributed by atoms with van der Waals surface area (Å²) in [6, 6.07) is 2.84. The van der Waals surface area contributed by atoms with E-state index in [1.54, 1.807) is 23.5 Å². The number of hydrogen-bond donors (Lipinski definition) is 2. The number of imide groups is 1. The van der Waals surface area contributed by atoms with Gasteiger partial charge in [-0.15, -0.1) is 11.3 Å². The molecule has 0 bridgehead atoms. The molecule has 0 spiro atoms. The third-order valence-electron chi connectivity index (χ3n) is 4.31. The Morgan fingerprint density at radius 1 is 1.26 bits per heavy atom. The molecule has 3 aromatic heterocycles. The van der Waals surface area contributed by atoms with Crippen molar-refractivity contribution in [1.82, 2.24) is 20.6 Å². The van der Waals surface area contributed by atoms with Gasteiger partial charge in [0.1, 0.15) is 16.9 Å². The van der Waals surface area contributed by atoms with Gasteiger partial charge in [-0.25, -0.2) is 14.8 Å². The number of aryl methyl sites for hydroxylation is 2. The summed E-state index contributed by atoms with van der Waals surface area (Å²) in [6.07, 6.45) is 7.28. The Balaban J connectivity index is 1.36. The van der Waals surface area contributed by atoms with Crippen molar-refractivity contribution in [2.75, 3.05) is 6.61 Å². The molecule has 0 atom stereocenters. The van der Waals surface area contributed by atoms with Gasteiger partial charge in [0.15, 0.2) is 6.61 Å². The minimum Gasteiger partial charge on any atom is -0.467 e. The number of thiophene rings is 1. The van der Waals surface area contributed by atoms with Crippen molar-refractivity contribution in [1.29, 1.82) is 0 Å². The molecule has 8 nitrogen and oxygen atoms in total. The second-order valence-corrected chi connectivity index (χ2v) is 7.25. The van der Waals surface area contributed by atoms with Crippen LogP contribution in [0.2, 0.25) is 0 Å². The largest absolute Gasteiger partial charge is 0.467 e. The lowest BCUT2D eigenvalue weighted by Crippen LogP contribution is -2.41. The van der Waals surface area contributed by atoms with Crippen molar-refractivity contribution in [3.63, 3.8) is 0 Å². The maximum atomic E-state index is 12.0. The second-order valence-electron chi connectivity index (χ2n) is 6.17. The summed E-state index contributed by atoms with van der Waals surface area (Å²) in [4.78, 5) is 34.5. The van der Waals surface area contributed by atoms with E-state index in [0.717, 1.165) is 29.5 Å². The molecule has 0 aromatic carbocycles. The number of carbonyl (C=O) groups is 2. The summed E-state index contributed by atoms with van der Waals surface area (Å²) in [7, 11) is 0. The summed E-state index contributed by atoms with van der Waals surface area (Å²) in [6.45, 7) is -0.106. The zero-order valence-electron chi connectivity index (χ0n) is 14.5. The van der Waals surface area contributed by atoms with Crippen LogP contribution in [0.4, 0.5) is 4.79 Å². The third-order valence-corrected chi connectivity index (χ3v) is 5.51. The van der Waals surface area contributed by atoms with E-state index in [1.807, 2.05) is 0 Å². The molecule has 3 amide bonds. The maximum Gasteiger partial charge on any atom is 0.321 e. The van der Waals surface area contributed by atoms with Crippen LogP contribution in [-0.2, 0) is 24.2 Å². The number of hydrogen-bond acceptors (Lipinski definition) is 7. The highest BCUT2D eigenvalue weighted by Crippen LogP contribution is 2.38.